The number of hydrogen-bond donors (Lipinski definition) is 2. The van der Waals surface area contributed by atoms with Crippen LogP contribution in [0.25, 0.3) is 0 Å². The van der Waals surface area contributed by atoms with Crippen LogP contribution in [0.4, 0.5) is 0 Å². The fraction of sp³-hybridized carbons (Fsp3) is 0.636. The van der Waals surface area contributed by atoms with Gasteiger partial charge in [-0.15, -0.1) is 0 Å². The number of carbonyl (C=O) groups is 1. The molecule has 2 heterocycles. The van der Waals surface area contributed by atoms with E-state index >= 15 is 0 Å². The van der Waals surface area contributed by atoms with Gasteiger partial charge in [0.2, 0.25) is 5.91 Å². The van der Waals surface area contributed by atoms with Crippen LogP contribution in [0.5, 0.6) is 0 Å². The van der Waals surface area contributed by atoms with E-state index in [0.29, 0.717) is 25.2 Å². The van der Waals surface area contributed by atoms with Gasteiger partial charge in [-0.1, -0.05) is 13.8 Å². The van der Waals surface area contributed by atoms with E-state index in [1.165, 1.54) is 10.5 Å². The summed E-state index contributed by atoms with van der Waals surface area (Å²) in [6, 6.07) is -0.646. The summed E-state index contributed by atoms with van der Waals surface area (Å²) < 4.78 is 26.3. The molecule has 19 heavy (non-hydrogen) atoms. The highest BCUT2D eigenvalue weighted by molar-refractivity contribution is 7.89. The van der Waals surface area contributed by atoms with Crippen LogP contribution in [0, 0.1) is 0 Å². The Morgan fingerprint density at radius 2 is 2.21 bits per heavy atom. The lowest BCUT2D eigenvalue weighted by atomic mass is 10.2. The van der Waals surface area contributed by atoms with Gasteiger partial charge in [-0.05, 0) is 6.42 Å². The molecule has 1 aliphatic rings. The zero-order chi connectivity index (χ0) is 14.0. The summed E-state index contributed by atoms with van der Waals surface area (Å²) in [7, 11) is -3.69. The number of carbonyl (C=O) groups excluding carboxylic acids is 1. The van der Waals surface area contributed by atoms with Crippen LogP contribution in [0.1, 0.15) is 26.1 Å². The number of imidazole rings is 1. The second kappa shape index (κ2) is 5.30. The minimum absolute atomic E-state index is 0.0532. The van der Waals surface area contributed by atoms with E-state index in [1.807, 2.05) is 6.92 Å². The molecule has 0 bridgehead atoms. The van der Waals surface area contributed by atoms with Crippen molar-refractivity contribution in [2.45, 2.75) is 37.8 Å². The Kier molecular flexibility index (Phi) is 3.91. The summed E-state index contributed by atoms with van der Waals surface area (Å²) in [5.41, 5.74) is 0. The van der Waals surface area contributed by atoms with Gasteiger partial charge in [0.15, 0.2) is 5.03 Å². The van der Waals surface area contributed by atoms with Crippen LogP contribution < -0.4 is 5.32 Å². The summed E-state index contributed by atoms with van der Waals surface area (Å²) in [5, 5.41) is 2.74. The van der Waals surface area contributed by atoms with Crippen LogP contribution >= 0.6 is 0 Å². The molecule has 2 N–H and O–H groups in total. The number of rotatable bonds is 4. The zero-order valence-electron chi connectivity index (χ0n) is 11.0. The Morgan fingerprint density at radius 3 is 2.79 bits per heavy atom. The molecule has 1 unspecified atom stereocenters. The summed E-state index contributed by atoms with van der Waals surface area (Å²) >= 11 is 0. The van der Waals surface area contributed by atoms with E-state index in [9.17, 15) is 13.2 Å². The number of piperazine rings is 1. The van der Waals surface area contributed by atoms with Crippen molar-refractivity contribution in [2.24, 2.45) is 0 Å². The van der Waals surface area contributed by atoms with Crippen molar-refractivity contribution in [1.82, 2.24) is 19.6 Å². The molecule has 1 aliphatic heterocycles. The lowest BCUT2D eigenvalue weighted by Gasteiger charge is -2.32. The predicted octanol–water partition coefficient (Wildman–Crippen LogP) is -0.129. The Labute approximate surface area is 112 Å². The average molecular weight is 286 g/mol. The van der Waals surface area contributed by atoms with Crippen molar-refractivity contribution < 1.29 is 13.2 Å². The molecule has 1 atom stereocenters. The highest BCUT2D eigenvalue weighted by Gasteiger charge is 2.38. The Morgan fingerprint density at radius 1 is 1.47 bits per heavy atom. The largest absolute Gasteiger partial charge is 0.353 e. The third kappa shape index (κ3) is 2.50. The third-order valence-electron chi connectivity index (χ3n) is 3.20. The average Bonchev–Trinajstić information content (AvgIpc) is 2.87. The number of aryl methyl sites for hydroxylation is 1. The summed E-state index contributed by atoms with van der Waals surface area (Å²) in [4.78, 5) is 18.5. The quantitative estimate of drug-likeness (QED) is 0.806. The maximum atomic E-state index is 12.5. The first kappa shape index (κ1) is 14.0. The molecule has 0 saturated carbocycles. The number of aromatic amines is 1. The van der Waals surface area contributed by atoms with E-state index in [2.05, 4.69) is 15.3 Å². The third-order valence-corrected chi connectivity index (χ3v) is 5.01. The number of aromatic nitrogens is 2. The standard InChI is InChI=1S/C11H18N4O3S/c1-3-8-11(16)12-5-6-15(8)19(17,18)10-7-13-9(4-2)14-10/h7-8H,3-6H2,1-2H3,(H,12,16)(H,13,14). The first-order valence-electron chi connectivity index (χ1n) is 6.34. The Bertz CT molecular complexity index is 566. The van der Waals surface area contributed by atoms with E-state index in [-0.39, 0.29) is 17.5 Å². The molecule has 2 rings (SSSR count). The van der Waals surface area contributed by atoms with Gasteiger partial charge >= 0.3 is 0 Å². The van der Waals surface area contributed by atoms with Crippen molar-refractivity contribution >= 4 is 15.9 Å². The first-order valence-corrected chi connectivity index (χ1v) is 7.78. The molecule has 0 spiro atoms. The van der Waals surface area contributed by atoms with E-state index in [4.69, 9.17) is 0 Å². The van der Waals surface area contributed by atoms with Crippen LogP contribution in [-0.4, -0.2) is 47.7 Å². The second-order valence-corrected chi connectivity index (χ2v) is 6.24. The zero-order valence-corrected chi connectivity index (χ0v) is 11.8. The van der Waals surface area contributed by atoms with Gasteiger partial charge in [0.05, 0.1) is 6.20 Å². The van der Waals surface area contributed by atoms with Crippen molar-refractivity contribution in [3.8, 4) is 0 Å². The Balaban J connectivity index is 2.34. The molecule has 1 amide bonds. The molecule has 0 aromatic carbocycles. The fourth-order valence-electron chi connectivity index (χ4n) is 2.15. The molecule has 8 heteroatoms. The number of nitrogens with zero attached hydrogens (tertiary/aromatic N) is 2. The lowest BCUT2D eigenvalue weighted by Crippen LogP contribution is -2.56. The van der Waals surface area contributed by atoms with Crippen molar-refractivity contribution in [3.05, 3.63) is 12.0 Å². The molecule has 7 nitrogen and oxygen atoms in total. The molecule has 1 saturated heterocycles. The van der Waals surface area contributed by atoms with E-state index in [0.717, 1.165) is 0 Å². The minimum atomic E-state index is -3.69. The number of nitrogens with one attached hydrogen (secondary N) is 2. The van der Waals surface area contributed by atoms with Crippen molar-refractivity contribution in [1.29, 1.82) is 0 Å². The van der Waals surface area contributed by atoms with Gasteiger partial charge in [-0.25, -0.2) is 13.4 Å². The van der Waals surface area contributed by atoms with Crippen molar-refractivity contribution in [2.75, 3.05) is 13.1 Å². The van der Waals surface area contributed by atoms with Crippen LogP contribution in [0.3, 0.4) is 0 Å². The molecule has 1 aromatic rings. The lowest BCUT2D eigenvalue weighted by molar-refractivity contribution is -0.126. The SMILES string of the molecule is CCc1ncc(S(=O)(=O)N2CCNC(=O)C2CC)[nH]1. The second-order valence-electron chi connectivity index (χ2n) is 4.38. The molecule has 1 fully saturated rings. The maximum absolute atomic E-state index is 12.5. The fourth-order valence-corrected chi connectivity index (χ4v) is 3.75. The summed E-state index contributed by atoms with van der Waals surface area (Å²) in [5.74, 6) is 0.376. The topological polar surface area (TPSA) is 95.2 Å². The van der Waals surface area contributed by atoms with Gasteiger partial charge in [0, 0.05) is 19.5 Å². The molecule has 106 valence electrons. The number of sulfonamides is 1. The van der Waals surface area contributed by atoms with Gasteiger partial charge in [-0.2, -0.15) is 4.31 Å². The van der Waals surface area contributed by atoms with Gasteiger partial charge in [0.25, 0.3) is 10.0 Å². The summed E-state index contributed by atoms with van der Waals surface area (Å²) in [6.45, 7) is 4.30. The number of hydrogen-bond acceptors (Lipinski definition) is 4. The first-order chi connectivity index (χ1) is 9.00. The van der Waals surface area contributed by atoms with E-state index < -0.39 is 16.1 Å². The number of H-pyrrole nitrogens is 1. The van der Waals surface area contributed by atoms with Crippen LogP contribution in [-0.2, 0) is 21.2 Å². The Hall–Kier alpha value is -1.41. The van der Waals surface area contributed by atoms with Crippen LogP contribution in [0.15, 0.2) is 11.2 Å². The molecular formula is C11H18N4O3S. The van der Waals surface area contributed by atoms with Gasteiger partial charge < -0.3 is 10.3 Å². The van der Waals surface area contributed by atoms with Crippen LogP contribution in [0.2, 0.25) is 0 Å². The molecular weight excluding hydrogens is 268 g/mol. The van der Waals surface area contributed by atoms with Gasteiger partial charge in [-0.3, -0.25) is 4.79 Å². The normalized spacial score (nSPS) is 21.4. The monoisotopic (exact) mass is 286 g/mol. The maximum Gasteiger partial charge on any atom is 0.260 e. The minimum Gasteiger partial charge on any atom is -0.353 e. The summed E-state index contributed by atoms with van der Waals surface area (Å²) in [6.07, 6.45) is 2.39. The van der Waals surface area contributed by atoms with E-state index in [1.54, 1.807) is 6.92 Å². The highest BCUT2D eigenvalue weighted by Crippen LogP contribution is 2.20. The molecule has 0 aliphatic carbocycles. The molecule has 0 radical (unpaired) electrons. The van der Waals surface area contributed by atoms with Gasteiger partial charge in [0.1, 0.15) is 11.9 Å². The van der Waals surface area contributed by atoms with Crippen molar-refractivity contribution in [3.63, 3.8) is 0 Å². The molecule has 1 aromatic heterocycles. The number of amides is 1. The smallest absolute Gasteiger partial charge is 0.260 e. The highest BCUT2D eigenvalue weighted by atomic mass is 32.2. The predicted molar refractivity (Wildman–Crippen MR) is 68.9 cm³/mol.